The van der Waals surface area contributed by atoms with Gasteiger partial charge in [-0.05, 0) is 19.9 Å². The number of carbonyl (C=O) groups is 1. The molecule has 94 valence electrons. The Labute approximate surface area is 107 Å². The van der Waals surface area contributed by atoms with Crippen LogP contribution in [-0.4, -0.2) is 12.5 Å². The van der Waals surface area contributed by atoms with Crippen molar-refractivity contribution in [3.8, 4) is 11.8 Å². The molecule has 1 amide bonds. The largest absolute Gasteiger partial charge is 0.493 e. The van der Waals surface area contributed by atoms with E-state index in [1.165, 1.54) is 0 Å². The first-order valence-electron chi connectivity index (χ1n) is 5.98. The molecule has 1 aromatic rings. The van der Waals surface area contributed by atoms with Crippen LogP contribution < -0.4 is 10.1 Å². The number of amides is 1. The maximum Gasteiger partial charge on any atom is 0.240 e. The summed E-state index contributed by atoms with van der Waals surface area (Å²) in [6.45, 7) is 3.82. The molecule has 2 rings (SSSR count). The Hall–Kier alpha value is -2.02. The Morgan fingerprint density at radius 3 is 2.94 bits per heavy atom. The Kier molecular flexibility index (Phi) is 3.24. The molecule has 1 aliphatic rings. The van der Waals surface area contributed by atoms with Gasteiger partial charge in [-0.15, -0.1) is 0 Å². The summed E-state index contributed by atoms with van der Waals surface area (Å²) in [5.74, 6) is 0.565. The number of nitrogens with zero attached hydrogens (tertiary/aromatic N) is 1. The Morgan fingerprint density at radius 2 is 2.22 bits per heavy atom. The number of nitriles is 1. The second kappa shape index (κ2) is 4.69. The minimum Gasteiger partial charge on any atom is -0.493 e. The molecule has 0 fully saturated rings. The van der Waals surface area contributed by atoms with Crippen molar-refractivity contribution < 1.29 is 9.53 Å². The highest BCUT2D eigenvalue weighted by atomic mass is 16.5. The number of hydrogen-bond acceptors (Lipinski definition) is 3. The van der Waals surface area contributed by atoms with Crippen LogP contribution in [0, 0.1) is 16.7 Å². The van der Waals surface area contributed by atoms with Crippen molar-refractivity contribution in [2.24, 2.45) is 5.41 Å². The second-order valence-corrected chi connectivity index (χ2v) is 4.94. The summed E-state index contributed by atoms with van der Waals surface area (Å²) in [4.78, 5) is 12.0. The van der Waals surface area contributed by atoms with Gasteiger partial charge in [0.2, 0.25) is 5.91 Å². The quantitative estimate of drug-likeness (QED) is 0.867. The fraction of sp³-hybridized carbons (Fsp3) is 0.429. The topological polar surface area (TPSA) is 62.1 Å². The molecule has 0 radical (unpaired) electrons. The molecule has 4 heteroatoms. The molecular weight excluding hydrogens is 228 g/mol. The lowest BCUT2D eigenvalue weighted by Gasteiger charge is -2.28. The van der Waals surface area contributed by atoms with Crippen LogP contribution in [0.1, 0.15) is 31.9 Å². The average Bonchev–Trinajstić information content (AvgIpc) is 2.39. The monoisotopic (exact) mass is 244 g/mol. The Bertz CT molecular complexity index is 503. The van der Waals surface area contributed by atoms with Crippen LogP contribution in [0.3, 0.4) is 0 Å². The van der Waals surface area contributed by atoms with Crippen LogP contribution in [0.2, 0.25) is 0 Å². The first-order valence-corrected chi connectivity index (χ1v) is 5.98. The predicted octanol–water partition coefficient (Wildman–Crippen LogP) is 2.18. The number of benzene rings is 1. The number of para-hydroxylation sites is 1. The smallest absolute Gasteiger partial charge is 0.240 e. The zero-order valence-corrected chi connectivity index (χ0v) is 10.6. The van der Waals surface area contributed by atoms with E-state index in [9.17, 15) is 4.79 Å². The standard InChI is InChI=1S/C14H16N2O2/c1-14(2,9-15)13(17)16-11-7-8-18-12-6-4-3-5-10(11)12/h3-6,11H,7-8H2,1-2H3,(H,16,17). The molecule has 1 aromatic carbocycles. The average molecular weight is 244 g/mol. The van der Waals surface area contributed by atoms with E-state index >= 15 is 0 Å². The molecule has 18 heavy (non-hydrogen) atoms. The molecule has 1 heterocycles. The number of nitrogens with one attached hydrogen (secondary N) is 1. The van der Waals surface area contributed by atoms with Crippen LogP contribution in [0.4, 0.5) is 0 Å². The van der Waals surface area contributed by atoms with Crippen LogP contribution in [0.5, 0.6) is 5.75 Å². The summed E-state index contributed by atoms with van der Waals surface area (Å²) in [5, 5.41) is 11.9. The van der Waals surface area contributed by atoms with Crippen LogP contribution in [-0.2, 0) is 4.79 Å². The molecule has 1 aliphatic heterocycles. The fourth-order valence-corrected chi connectivity index (χ4v) is 1.88. The highest BCUT2D eigenvalue weighted by molar-refractivity contribution is 5.84. The van der Waals surface area contributed by atoms with Crippen molar-refractivity contribution >= 4 is 5.91 Å². The molecule has 0 saturated heterocycles. The highest BCUT2D eigenvalue weighted by Crippen LogP contribution is 2.32. The molecule has 0 aliphatic carbocycles. The van der Waals surface area contributed by atoms with Crippen molar-refractivity contribution in [3.63, 3.8) is 0 Å². The fourth-order valence-electron chi connectivity index (χ4n) is 1.88. The van der Waals surface area contributed by atoms with E-state index in [4.69, 9.17) is 10.00 Å². The van der Waals surface area contributed by atoms with E-state index in [0.717, 1.165) is 17.7 Å². The number of ether oxygens (including phenoxy) is 1. The van der Waals surface area contributed by atoms with E-state index < -0.39 is 5.41 Å². The summed E-state index contributed by atoms with van der Waals surface area (Å²) in [5.41, 5.74) is -0.0291. The third-order valence-corrected chi connectivity index (χ3v) is 3.11. The number of carbonyl (C=O) groups excluding carboxylic acids is 1. The lowest BCUT2D eigenvalue weighted by Crippen LogP contribution is -2.39. The molecule has 0 spiro atoms. The SMILES string of the molecule is CC(C)(C#N)C(=O)NC1CCOc2ccccc21. The van der Waals surface area contributed by atoms with Gasteiger partial charge >= 0.3 is 0 Å². The highest BCUT2D eigenvalue weighted by Gasteiger charge is 2.31. The Balaban J connectivity index is 2.18. The van der Waals surface area contributed by atoms with Gasteiger partial charge in [0.25, 0.3) is 0 Å². The maximum absolute atomic E-state index is 12.0. The molecule has 1 N–H and O–H groups in total. The summed E-state index contributed by atoms with van der Waals surface area (Å²) >= 11 is 0. The van der Waals surface area contributed by atoms with Crippen molar-refractivity contribution in [1.82, 2.24) is 5.32 Å². The van der Waals surface area contributed by atoms with Gasteiger partial charge < -0.3 is 10.1 Å². The summed E-state index contributed by atoms with van der Waals surface area (Å²) in [6.07, 6.45) is 0.726. The Morgan fingerprint density at radius 1 is 1.50 bits per heavy atom. The lowest BCUT2D eigenvalue weighted by molar-refractivity contribution is -0.127. The van der Waals surface area contributed by atoms with Gasteiger partial charge in [-0.3, -0.25) is 4.79 Å². The first kappa shape index (κ1) is 12.4. The van der Waals surface area contributed by atoms with E-state index in [2.05, 4.69) is 5.32 Å². The van der Waals surface area contributed by atoms with Crippen molar-refractivity contribution in [1.29, 1.82) is 5.26 Å². The van der Waals surface area contributed by atoms with Crippen LogP contribution in [0.15, 0.2) is 24.3 Å². The van der Waals surface area contributed by atoms with E-state index in [-0.39, 0.29) is 11.9 Å². The van der Waals surface area contributed by atoms with E-state index in [0.29, 0.717) is 6.61 Å². The second-order valence-electron chi connectivity index (χ2n) is 4.94. The van der Waals surface area contributed by atoms with Crippen molar-refractivity contribution in [3.05, 3.63) is 29.8 Å². The molecule has 0 aromatic heterocycles. The van der Waals surface area contributed by atoms with Gasteiger partial charge in [-0.2, -0.15) is 5.26 Å². The van der Waals surface area contributed by atoms with E-state index in [1.54, 1.807) is 13.8 Å². The molecule has 0 saturated carbocycles. The van der Waals surface area contributed by atoms with Gasteiger partial charge in [0.1, 0.15) is 11.2 Å². The van der Waals surface area contributed by atoms with Gasteiger partial charge in [0, 0.05) is 12.0 Å². The van der Waals surface area contributed by atoms with Gasteiger partial charge in [0.05, 0.1) is 18.7 Å². The van der Waals surface area contributed by atoms with E-state index in [1.807, 2.05) is 30.3 Å². The predicted molar refractivity (Wildman–Crippen MR) is 66.8 cm³/mol. The molecule has 1 atom stereocenters. The lowest BCUT2D eigenvalue weighted by atomic mass is 9.92. The molecular formula is C14H16N2O2. The molecule has 4 nitrogen and oxygen atoms in total. The number of rotatable bonds is 2. The number of fused-ring (bicyclic) bond motifs is 1. The summed E-state index contributed by atoms with van der Waals surface area (Å²) in [7, 11) is 0. The summed E-state index contributed by atoms with van der Waals surface area (Å²) < 4.78 is 5.53. The van der Waals surface area contributed by atoms with Crippen molar-refractivity contribution in [2.45, 2.75) is 26.3 Å². The summed E-state index contributed by atoms with van der Waals surface area (Å²) in [6, 6.07) is 9.60. The van der Waals surface area contributed by atoms with Crippen LogP contribution in [0.25, 0.3) is 0 Å². The minimum absolute atomic E-state index is 0.0740. The first-order chi connectivity index (χ1) is 8.54. The zero-order chi connectivity index (χ0) is 13.2. The van der Waals surface area contributed by atoms with Crippen LogP contribution >= 0.6 is 0 Å². The minimum atomic E-state index is -1.01. The maximum atomic E-state index is 12.0. The van der Waals surface area contributed by atoms with Gasteiger partial charge in [-0.25, -0.2) is 0 Å². The van der Waals surface area contributed by atoms with Crippen molar-refractivity contribution in [2.75, 3.05) is 6.61 Å². The third-order valence-electron chi connectivity index (χ3n) is 3.11. The van der Waals surface area contributed by atoms with Gasteiger partial charge in [-0.1, -0.05) is 18.2 Å². The zero-order valence-electron chi connectivity index (χ0n) is 10.6. The number of hydrogen-bond donors (Lipinski definition) is 1. The molecule has 1 unspecified atom stereocenters. The third kappa shape index (κ3) is 2.30. The van der Waals surface area contributed by atoms with Gasteiger partial charge in [0.15, 0.2) is 0 Å². The molecule has 0 bridgehead atoms. The normalized spacial score (nSPS) is 18.2.